The lowest BCUT2D eigenvalue weighted by atomic mass is 10.1. The van der Waals surface area contributed by atoms with E-state index in [1.54, 1.807) is 14.2 Å². The molecule has 0 spiro atoms. The van der Waals surface area contributed by atoms with Gasteiger partial charge < -0.3 is 14.4 Å². The normalized spacial score (nSPS) is 15.4. The third-order valence-corrected chi connectivity index (χ3v) is 6.39. The maximum atomic E-state index is 12.4. The van der Waals surface area contributed by atoms with Crippen LogP contribution in [-0.2, 0) is 21.2 Å². The Bertz CT molecular complexity index is 843. The Morgan fingerprint density at radius 1 is 1.00 bits per heavy atom. The van der Waals surface area contributed by atoms with Crippen LogP contribution in [0.3, 0.4) is 0 Å². The zero-order valence-corrected chi connectivity index (χ0v) is 17.2. The number of nitrogens with one attached hydrogen (secondary N) is 1. The van der Waals surface area contributed by atoms with Gasteiger partial charge in [0, 0.05) is 31.6 Å². The molecule has 3 rings (SSSR count). The highest BCUT2D eigenvalue weighted by atomic mass is 32.2. The van der Waals surface area contributed by atoms with Gasteiger partial charge >= 0.3 is 0 Å². The van der Waals surface area contributed by atoms with Gasteiger partial charge in [-0.1, -0.05) is 12.1 Å². The van der Waals surface area contributed by atoms with Crippen molar-refractivity contribution in [3.8, 4) is 5.75 Å². The number of hydrogen-bond donors (Lipinski definition) is 1. The van der Waals surface area contributed by atoms with Crippen molar-refractivity contribution in [1.29, 1.82) is 0 Å². The fourth-order valence-corrected chi connectivity index (χ4v) is 4.47. The van der Waals surface area contributed by atoms with Gasteiger partial charge in [-0.25, -0.2) is 8.42 Å². The molecule has 0 unspecified atom stereocenters. The van der Waals surface area contributed by atoms with E-state index < -0.39 is 10.0 Å². The van der Waals surface area contributed by atoms with E-state index in [2.05, 4.69) is 9.62 Å². The van der Waals surface area contributed by atoms with Gasteiger partial charge in [0.25, 0.3) is 0 Å². The Labute approximate surface area is 167 Å². The molecule has 0 atom stereocenters. The van der Waals surface area contributed by atoms with Crippen LogP contribution in [0.1, 0.15) is 18.4 Å². The molecular weight excluding hydrogens is 376 g/mol. The number of aryl methyl sites for hydroxylation is 1. The molecule has 1 fully saturated rings. The molecule has 6 nitrogen and oxygen atoms in total. The van der Waals surface area contributed by atoms with Crippen molar-refractivity contribution >= 4 is 21.4 Å². The number of benzene rings is 2. The van der Waals surface area contributed by atoms with Crippen LogP contribution in [0.25, 0.3) is 0 Å². The van der Waals surface area contributed by atoms with Crippen molar-refractivity contribution in [2.75, 3.05) is 42.7 Å². The summed E-state index contributed by atoms with van der Waals surface area (Å²) in [7, 11) is -0.0411. The van der Waals surface area contributed by atoms with E-state index in [0.717, 1.165) is 42.9 Å². The number of anilines is 2. The minimum Gasteiger partial charge on any atom is -0.497 e. The van der Waals surface area contributed by atoms with Gasteiger partial charge in [-0.2, -0.15) is 0 Å². The van der Waals surface area contributed by atoms with Crippen LogP contribution in [-0.4, -0.2) is 47.6 Å². The average molecular weight is 405 g/mol. The molecule has 0 aliphatic carbocycles. The summed E-state index contributed by atoms with van der Waals surface area (Å²) in [6.07, 6.45) is 2.81. The molecule has 0 saturated carbocycles. The van der Waals surface area contributed by atoms with Crippen LogP contribution in [0.4, 0.5) is 11.4 Å². The molecule has 0 aromatic heterocycles. The van der Waals surface area contributed by atoms with E-state index in [-0.39, 0.29) is 5.75 Å². The van der Waals surface area contributed by atoms with Crippen molar-refractivity contribution in [3.63, 3.8) is 0 Å². The largest absolute Gasteiger partial charge is 0.497 e. The Hall–Kier alpha value is -2.25. The lowest BCUT2D eigenvalue weighted by Crippen LogP contribution is -2.36. The topological polar surface area (TPSA) is 67.9 Å². The Balaban J connectivity index is 1.53. The molecule has 0 radical (unpaired) electrons. The van der Waals surface area contributed by atoms with E-state index in [4.69, 9.17) is 9.47 Å². The summed E-state index contributed by atoms with van der Waals surface area (Å²) >= 11 is 0. The van der Waals surface area contributed by atoms with Gasteiger partial charge in [0.2, 0.25) is 10.0 Å². The van der Waals surface area contributed by atoms with E-state index in [1.807, 2.05) is 48.5 Å². The lowest BCUT2D eigenvalue weighted by molar-refractivity contribution is 0.0819. The van der Waals surface area contributed by atoms with Crippen molar-refractivity contribution in [2.45, 2.75) is 25.4 Å². The van der Waals surface area contributed by atoms with Gasteiger partial charge in [-0.3, -0.25) is 4.72 Å². The zero-order valence-electron chi connectivity index (χ0n) is 16.4. The van der Waals surface area contributed by atoms with Crippen LogP contribution in [0, 0.1) is 0 Å². The highest BCUT2D eigenvalue weighted by Gasteiger charge is 2.19. The van der Waals surface area contributed by atoms with Gasteiger partial charge in [-0.15, -0.1) is 0 Å². The van der Waals surface area contributed by atoms with Gasteiger partial charge in [0.05, 0.1) is 19.0 Å². The van der Waals surface area contributed by atoms with Crippen LogP contribution < -0.4 is 14.4 Å². The summed E-state index contributed by atoms with van der Waals surface area (Å²) in [5.74, 6) is 0.794. The third-order valence-electron chi connectivity index (χ3n) is 5.10. The number of sulfonamides is 1. The Morgan fingerprint density at radius 2 is 1.64 bits per heavy atom. The molecule has 2 aromatic rings. The number of nitrogens with zero attached hydrogens (tertiary/aromatic N) is 1. The van der Waals surface area contributed by atoms with E-state index in [0.29, 0.717) is 18.2 Å². The summed E-state index contributed by atoms with van der Waals surface area (Å²) in [5.41, 5.74) is 2.65. The molecule has 1 heterocycles. The van der Waals surface area contributed by atoms with Crippen LogP contribution >= 0.6 is 0 Å². The fraction of sp³-hybridized carbons (Fsp3) is 0.429. The van der Waals surface area contributed by atoms with E-state index in [1.165, 1.54) is 0 Å². The zero-order chi connectivity index (χ0) is 20.0. The molecule has 1 N–H and O–H groups in total. The van der Waals surface area contributed by atoms with E-state index in [9.17, 15) is 8.42 Å². The second-order valence-electron chi connectivity index (χ2n) is 6.99. The predicted molar refractivity (Wildman–Crippen MR) is 113 cm³/mol. The molecule has 1 saturated heterocycles. The third kappa shape index (κ3) is 5.62. The molecule has 2 aromatic carbocycles. The molecule has 152 valence electrons. The fourth-order valence-electron chi connectivity index (χ4n) is 3.36. The van der Waals surface area contributed by atoms with Crippen LogP contribution in [0.2, 0.25) is 0 Å². The Kier molecular flexibility index (Phi) is 6.80. The van der Waals surface area contributed by atoms with Crippen molar-refractivity contribution in [3.05, 3.63) is 54.1 Å². The SMILES string of the molecule is COc1ccc(CCS(=O)(=O)Nc2ccc(N3CCC(OC)CC3)cc2)cc1. The highest BCUT2D eigenvalue weighted by molar-refractivity contribution is 7.92. The van der Waals surface area contributed by atoms with Gasteiger partial charge in [-0.05, 0) is 61.2 Å². The first kappa shape index (κ1) is 20.5. The molecule has 7 heteroatoms. The van der Waals surface area contributed by atoms with Gasteiger partial charge in [0.15, 0.2) is 0 Å². The van der Waals surface area contributed by atoms with Crippen LogP contribution in [0.15, 0.2) is 48.5 Å². The van der Waals surface area contributed by atoms with Crippen molar-refractivity contribution < 1.29 is 17.9 Å². The molecule has 1 aliphatic heterocycles. The maximum absolute atomic E-state index is 12.4. The number of hydrogen-bond acceptors (Lipinski definition) is 5. The summed E-state index contributed by atoms with van der Waals surface area (Å²) in [5, 5.41) is 0. The minimum atomic E-state index is -3.41. The second kappa shape index (κ2) is 9.30. The number of piperidine rings is 1. The first-order valence-corrected chi connectivity index (χ1v) is 11.2. The molecule has 0 bridgehead atoms. The minimum absolute atomic E-state index is 0.0333. The molecule has 0 amide bonds. The van der Waals surface area contributed by atoms with E-state index >= 15 is 0 Å². The average Bonchev–Trinajstić information content (AvgIpc) is 2.73. The lowest BCUT2D eigenvalue weighted by Gasteiger charge is -2.33. The first-order chi connectivity index (χ1) is 13.5. The quantitative estimate of drug-likeness (QED) is 0.731. The second-order valence-corrected chi connectivity index (χ2v) is 8.83. The monoisotopic (exact) mass is 404 g/mol. The molecular formula is C21H28N2O4S. The number of ether oxygens (including phenoxy) is 2. The summed E-state index contributed by atoms with van der Waals surface area (Å²) in [6, 6.07) is 15.0. The van der Waals surface area contributed by atoms with Crippen molar-refractivity contribution in [1.82, 2.24) is 0 Å². The number of methoxy groups -OCH3 is 2. The summed E-state index contributed by atoms with van der Waals surface area (Å²) in [6.45, 7) is 1.90. The predicted octanol–water partition coefficient (Wildman–Crippen LogP) is 3.29. The first-order valence-electron chi connectivity index (χ1n) is 9.50. The Morgan fingerprint density at radius 3 is 2.21 bits per heavy atom. The summed E-state index contributed by atoms with van der Waals surface area (Å²) in [4.78, 5) is 2.30. The van der Waals surface area contributed by atoms with Crippen molar-refractivity contribution in [2.24, 2.45) is 0 Å². The smallest absolute Gasteiger partial charge is 0.233 e. The van der Waals surface area contributed by atoms with Gasteiger partial charge in [0.1, 0.15) is 5.75 Å². The van der Waals surface area contributed by atoms with Crippen LogP contribution in [0.5, 0.6) is 5.75 Å². The standard InChI is InChI=1S/C21H28N2O4S/c1-26-20-9-3-17(4-10-20)13-16-28(24,25)22-18-5-7-19(8-6-18)23-14-11-21(27-2)12-15-23/h3-10,21-22H,11-16H2,1-2H3. The highest BCUT2D eigenvalue weighted by Crippen LogP contribution is 2.23. The number of rotatable bonds is 8. The molecule has 28 heavy (non-hydrogen) atoms. The molecule has 1 aliphatic rings. The summed E-state index contributed by atoms with van der Waals surface area (Å²) < 4.78 is 38.0. The maximum Gasteiger partial charge on any atom is 0.233 e.